The molecule has 0 heterocycles. The molecule has 1 heteroatoms. The topological polar surface area (TPSA) is 9.23 Å². The smallest absolute Gasteiger partial charge is 0.105 e. The maximum absolute atomic E-state index is 5.37. The highest BCUT2D eigenvalue weighted by Gasteiger charge is 1.94. The summed E-state index contributed by atoms with van der Waals surface area (Å²) in [7, 11) is 0. The van der Waals surface area contributed by atoms with E-state index in [0.717, 1.165) is 5.57 Å². The highest BCUT2D eigenvalue weighted by Crippen LogP contribution is 2.14. The molecule has 0 aromatic heterocycles. The minimum atomic E-state index is 0.639. The highest BCUT2D eigenvalue weighted by molar-refractivity contribution is 5.62. The minimum Gasteiger partial charge on any atom is -0.497 e. The molecule has 0 radical (unpaired) electrons. The Morgan fingerprint density at radius 1 is 1.27 bits per heavy atom. The van der Waals surface area contributed by atoms with Gasteiger partial charge in [-0.1, -0.05) is 42.0 Å². The van der Waals surface area contributed by atoms with Crippen molar-refractivity contribution in [1.29, 1.82) is 0 Å². The Labute approximate surface area is 92.1 Å². The third kappa shape index (κ3) is 4.03. The molecule has 0 saturated carbocycles. The van der Waals surface area contributed by atoms with Crippen LogP contribution in [0.25, 0.3) is 5.57 Å². The number of hydrogen-bond donors (Lipinski definition) is 0. The van der Waals surface area contributed by atoms with E-state index in [0.29, 0.717) is 6.61 Å². The molecule has 0 N–H and O–H groups in total. The van der Waals surface area contributed by atoms with Crippen molar-refractivity contribution in [3.8, 4) is 0 Å². The van der Waals surface area contributed by atoms with Gasteiger partial charge in [0.05, 0.1) is 6.26 Å². The van der Waals surface area contributed by atoms with Crippen molar-refractivity contribution in [2.45, 2.75) is 20.8 Å². The van der Waals surface area contributed by atoms with Gasteiger partial charge in [0, 0.05) is 0 Å². The Hall–Kier alpha value is -1.50. The summed E-state index contributed by atoms with van der Waals surface area (Å²) in [4.78, 5) is 0. The van der Waals surface area contributed by atoms with Gasteiger partial charge in [-0.3, -0.25) is 0 Å². The number of benzene rings is 1. The third-order valence-electron chi connectivity index (χ3n) is 2.20. The lowest BCUT2D eigenvalue weighted by Gasteiger charge is -2.02. The lowest BCUT2D eigenvalue weighted by molar-refractivity contribution is 0.291. The van der Waals surface area contributed by atoms with Gasteiger partial charge < -0.3 is 4.74 Å². The molecule has 1 nitrogen and oxygen atoms in total. The summed E-state index contributed by atoms with van der Waals surface area (Å²) in [5.41, 5.74) is 3.64. The molecule has 1 aromatic rings. The SMILES string of the molecule is C/C=C/CO/C=C(\C)c1ccc(C)cc1. The van der Waals surface area contributed by atoms with Crippen molar-refractivity contribution in [3.63, 3.8) is 0 Å². The van der Waals surface area contributed by atoms with E-state index in [9.17, 15) is 0 Å². The van der Waals surface area contributed by atoms with E-state index < -0.39 is 0 Å². The maximum atomic E-state index is 5.37. The zero-order chi connectivity index (χ0) is 11.1. The molecule has 80 valence electrons. The number of ether oxygens (including phenoxy) is 1. The zero-order valence-corrected chi connectivity index (χ0v) is 9.66. The van der Waals surface area contributed by atoms with Gasteiger partial charge in [0.2, 0.25) is 0 Å². The van der Waals surface area contributed by atoms with Gasteiger partial charge in [-0.05, 0) is 31.9 Å². The quantitative estimate of drug-likeness (QED) is 0.408. The summed E-state index contributed by atoms with van der Waals surface area (Å²) in [5, 5.41) is 0. The molecule has 0 aliphatic carbocycles. The molecule has 0 aliphatic heterocycles. The maximum Gasteiger partial charge on any atom is 0.105 e. The molecule has 1 rings (SSSR count). The van der Waals surface area contributed by atoms with Gasteiger partial charge in [-0.25, -0.2) is 0 Å². The third-order valence-corrected chi connectivity index (χ3v) is 2.20. The normalized spacial score (nSPS) is 12.1. The zero-order valence-electron chi connectivity index (χ0n) is 9.66. The molecule has 0 spiro atoms. The fraction of sp³-hybridized carbons (Fsp3) is 0.286. The average molecular weight is 202 g/mol. The molecule has 0 saturated heterocycles. The molecule has 15 heavy (non-hydrogen) atoms. The molecule has 0 unspecified atom stereocenters. The fourth-order valence-corrected chi connectivity index (χ4v) is 1.21. The summed E-state index contributed by atoms with van der Waals surface area (Å²) >= 11 is 0. The Morgan fingerprint density at radius 3 is 2.53 bits per heavy atom. The van der Waals surface area contributed by atoms with Crippen LogP contribution in [0.3, 0.4) is 0 Å². The van der Waals surface area contributed by atoms with Gasteiger partial charge in [0.25, 0.3) is 0 Å². The largest absolute Gasteiger partial charge is 0.497 e. The number of hydrogen-bond acceptors (Lipinski definition) is 1. The van der Waals surface area contributed by atoms with Crippen molar-refractivity contribution in [2.24, 2.45) is 0 Å². The Balaban J connectivity index is 2.59. The summed E-state index contributed by atoms with van der Waals surface area (Å²) < 4.78 is 5.37. The van der Waals surface area contributed by atoms with E-state index in [1.165, 1.54) is 11.1 Å². The summed E-state index contributed by atoms with van der Waals surface area (Å²) in [6, 6.07) is 8.44. The van der Waals surface area contributed by atoms with E-state index in [1.807, 2.05) is 25.3 Å². The van der Waals surface area contributed by atoms with Gasteiger partial charge in [-0.2, -0.15) is 0 Å². The van der Waals surface area contributed by atoms with Gasteiger partial charge in [-0.15, -0.1) is 0 Å². The molecule has 0 atom stereocenters. The van der Waals surface area contributed by atoms with Crippen LogP contribution in [0.1, 0.15) is 25.0 Å². The second-order valence-electron chi connectivity index (χ2n) is 3.57. The standard InChI is InChI=1S/C14H18O/c1-4-5-10-15-11-13(3)14-8-6-12(2)7-9-14/h4-9,11H,10H2,1-3H3/b5-4+,13-11+. The molecule has 0 fully saturated rings. The van der Waals surface area contributed by atoms with Crippen LogP contribution in [0.2, 0.25) is 0 Å². The van der Waals surface area contributed by atoms with Crippen molar-refractivity contribution >= 4 is 5.57 Å². The van der Waals surface area contributed by atoms with Crippen LogP contribution in [0.15, 0.2) is 42.7 Å². The summed E-state index contributed by atoms with van der Waals surface area (Å²) in [6.45, 7) is 6.77. The van der Waals surface area contributed by atoms with E-state index >= 15 is 0 Å². The molecular formula is C14H18O. The molecular weight excluding hydrogens is 184 g/mol. The average Bonchev–Trinajstić information content (AvgIpc) is 2.25. The van der Waals surface area contributed by atoms with Gasteiger partial charge >= 0.3 is 0 Å². The van der Waals surface area contributed by atoms with E-state index in [1.54, 1.807) is 0 Å². The van der Waals surface area contributed by atoms with E-state index in [2.05, 4.69) is 38.1 Å². The molecule has 0 aliphatic rings. The lowest BCUT2D eigenvalue weighted by atomic mass is 10.1. The predicted octanol–water partition coefficient (Wildman–Crippen LogP) is 3.95. The van der Waals surface area contributed by atoms with Gasteiger partial charge in [0.1, 0.15) is 6.61 Å². The highest BCUT2D eigenvalue weighted by atomic mass is 16.5. The first kappa shape index (κ1) is 11.6. The van der Waals surface area contributed by atoms with Crippen molar-refractivity contribution in [1.82, 2.24) is 0 Å². The van der Waals surface area contributed by atoms with Crippen LogP contribution in [-0.2, 0) is 4.74 Å². The van der Waals surface area contributed by atoms with Crippen molar-refractivity contribution in [3.05, 3.63) is 53.8 Å². The van der Waals surface area contributed by atoms with Crippen LogP contribution in [0, 0.1) is 6.92 Å². The second kappa shape index (κ2) is 6.07. The van der Waals surface area contributed by atoms with Crippen LogP contribution >= 0.6 is 0 Å². The van der Waals surface area contributed by atoms with Gasteiger partial charge in [0.15, 0.2) is 0 Å². The molecule has 1 aromatic carbocycles. The lowest BCUT2D eigenvalue weighted by Crippen LogP contribution is -1.85. The first-order chi connectivity index (χ1) is 7.24. The first-order valence-corrected chi connectivity index (χ1v) is 5.20. The van der Waals surface area contributed by atoms with Crippen molar-refractivity contribution < 1.29 is 4.74 Å². The van der Waals surface area contributed by atoms with Crippen LogP contribution in [0.4, 0.5) is 0 Å². The Kier molecular flexibility index (Phi) is 4.69. The number of allylic oxidation sites excluding steroid dienone is 2. The van der Waals surface area contributed by atoms with E-state index in [-0.39, 0.29) is 0 Å². The van der Waals surface area contributed by atoms with Crippen molar-refractivity contribution in [2.75, 3.05) is 6.61 Å². The second-order valence-corrected chi connectivity index (χ2v) is 3.57. The number of aryl methyl sites for hydroxylation is 1. The minimum absolute atomic E-state index is 0.639. The monoisotopic (exact) mass is 202 g/mol. The molecule has 0 bridgehead atoms. The van der Waals surface area contributed by atoms with Crippen LogP contribution in [-0.4, -0.2) is 6.61 Å². The van der Waals surface area contributed by atoms with Crippen LogP contribution < -0.4 is 0 Å². The Morgan fingerprint density at radius 2 is 1.93 bits per heavy atom. The van der Waals surface area contributed by atoms with Crippen LogP contribution in [0.5, 0.6) is 0 Å². The molecule has 0 amide bonds. The number of rotatable bonds is 4. The summed E-state index contributed by atoms with van der Waals surface area (Å²) in [5.74, 6) is 0. The summed E-state index contributed by atoms with van der Waals surface area (Å²) in [6.07, 6.45) is 5.78. The Bertz CT molecular complexity index is 344. The first-order valence-electron chi connectivity index (χ1n) is 5.20. The predicted molar refractivity (Wildman–Crippen MR) is 65.6 cm³/mol. The fourth-order valence-electron chi connectivity index (χ4n) is 1.21. The van der Waals surface area contributed by atoms with E-state index in [4.69, 9.17) is 4.74 Å².